The third kappa shape index (κ3) is 4.97. The Hall–Kier alpha value is -4.09. The van der Waals surface area contributed by atoms with Gasteiger partial charge < -0.3 is 14.7 Å². The summed E-state index contributed by atoms with van der Waals surface area (Å²) in [6.45, 7) is 2.55. The van der Waals surface area contributed by atoms with Crippen molar-refractivity contribution in [3.05, 3.63) is 60.8 Å². The summed E-state index contributed by atoms with van der Waals surface area (Å²) in [5.41, 5.74) is 2.91. The van der Waals surface area contributed by atoms with Crippen molar-refractivity contribution in [2.75, 3.05) is 42.8 Å². The minimum absolute atomic E-state index is 0.202. The van der Waals surface area contributed by atoms with Crippen LogP contribution in [0.2, 0.25) is 0 Å². The summed E-state index contributed by atoms with van der Waals surface area (Å²) in [5.74, 6) is 1.41. The van der Waals surface area contributed by atoms with E-state index in [2.05, 4.69) is 15.2 Å². The first kappa shape index (κ1) is 23.6. The van der Waals surface area contributed by atoms with Crippen LogP contribution in [-0.4, -0.2) is 67.1 Å². The molecule has 11 heteroatoms. The van der Waals surface area contributed by atoms with Gasteiger partial charge in [0.05, 0.1) is 23.6 Å². The molecule has 2 aromatic heterocycles. The lowest BCUT2D eigenvalue weighted by Crippen LogP contribution is -2.37. The van der Waals surface area contributed by atoms with Crippen LogP contribution in [0, 0.1) is 0 Å². The van der Waals surface area contributed by atoms with Gasteiger partial charge in [0.15, 0.2) is 15.7 Å². The lowest BCUT2D eigenvalue weighted by Gasteiger charge is -2.29. The van der Waals surface area contributed by atoms with Gasteiger partial charge in [0.25, 0.3) is 0 Å². The number of fused-ring (bicyclic) bond motifs is 1. The molecule has 184 valence electrons. The molecular weight excluding hydrogens is 482 g/mol. The predicted molar refractivity (Wildman–Crippen MR) is 136 cm³/mol. The number of aromatic nitrogens is 3. The topological polar surface area (TPSA) is 135 Å². The number of hydrogen-bond acceptors (Lipinski definition) is 8. The second-order valence-corrected chi connectivity index (χ2v) is 10.4. The third-order valence-corrected chi connectivity index (χ3v) is 6.95. The first-order valence-corrected chi connectivity index (χ1v) is 13.1. The van der Waals surface area contributed by atoms with Crippen LogP contribution >= 0.6 is 0 Å². The van der Waals surface area contributed by atoms with Crippen LogP contribution in [0.3, 0.4) is 0 Å². The number of amides is 1. The highest BCUT2D eigenvalue weighted by molar-refractivity contribution is 7.90. The monoisotopic (exact) mass is 505 g/mol. The molecule has 0 atom stereocenters. The average Bonchev–Trinajstić information content (AvgIpc) is 2.88. The molecule has 4 aromatic rings. The fourth-order valence-corrected chi connectivity index (χ4v) is 4.72. The molecule has 5 rings (SSSR count). The Kier molecular flexibility index (Phi) is 6.25. The third-order valence-electron chi connectivity index (χ3n) is 5.84. The molecule has 0 radical (unpaired) electrons. The highest BCUT2D eigenvalue weighted by atomic mass is 32.2. The quantitative estimate of drug-likeness (QED) is 0.416. The minimum Gasteiger partial charge on any atom is -0.465 e. The highest BCUT2D eigenvalue weighted by Gasteiger charge is 2.19. The fourth-order valence-electron chi connectivity index (χ4n) is 4.05. The Morgan fingerprint density at radius 1 is 1.00 bits per heavy atom. The zero-order valence-electron chi connectivity index (χ0n) is 19.4. The summed E-state index contributed by atoms with van der Waals surface area (Å²) in [4.78, 5) is 27.1. The fraction of sp³-hybridized carbons (Fsp3) is 0.200. The number of hydrogen-bond donors (Lipinski definition) is 2. The number of carbonyl (C=O) groups is 1. The van der Waals surface area contributed by atoms with E-state index in [1.54, 1.807) is 30.3 Å². The van der Waals surface area contributed by atoms with E-state index < -0.39 is 15.9 Å². The maximum Gasteiger partial charge on any atom is 0.410 e. The van der Waals surface area contributed by atoms with Gasteiger partial charge in [0, 0.05) is 36.5 Å². The Bertz CT molecular complexity index is 1550. The van der Waals surface area contributed by atoms with Crippen molar-refractivity contribution in [2.24, 2.45) is 0 Å². The van der Waals surface area contributed by atoms with Crippen LogP contribution in [0.4, 0.5) is 16.4 Å². The molecule has 2 N–H and O–H groups in total. The van der Waals surface area contributed by atoms with E-state index in [0.29, 0.717) is 43.2 Å². The van der Waals surface area contributed by atoms with Gasteiger partial charge in [0.2, 0.25) is 0 Å². The standard InChI is InChI=1S/C25H23N5O5S/c1-36(33,34)19-4-2-3-16(13-19)17-5-7-20-21(14-17)27-23(29-24(20)30-9-11-35-12-10-30)18-6-8-22(26-15-18)28-25(31)32/h2-8,13-15H,9-12H2,1H3,(H,26,28)(H,31,32). The normalized spacial score (nSPS) is 14.1. The van der Waals surface area contributed by atoms with Gasteiger partial charge in [-0.15, -0.1) is 0 Å². The van der Waals surface area contributed by atoms with Gasteiger partial charge in [-0.1, -0.05) is 18.2 Å². The van der Waals surface area contributed by atoms with Gasteiger partial charge in [-0.3, -0.25) is 5.32 Å². The van der Waals surface area contributed by atoms with Gasteiger partial charge in [-0.25, -0.2) is 28.2 Å². The molecule has 1 amide bonds. The van der Waals surface area contributed by atoms with Crippen molar-refractivity contribution in [1.29, 1.82) is 0 Å². The van der Waals surface area contributed by atoms with Crippen LogP contribution in [-0.2, 0) is 14.6 Å². The number of morpholine rings is 1. The van der Waals surface area contributed by atoms with Crippen LogP contribution < -0.4 is 10.2 Å². The summed E-state index contributed by atoms with van der Waals surface area (Å²) in [5, 5.41) is 12.0. The maximum atomic E-state index is 12.1. The van der Waals surface area contributed by atoms with Crippen LogP contribution in [0.15, 0.2) is 65.7 Å². The second kappa shape index (κ2) is 9.51. The van der Waals surface area contributed by atoms with Crippen molar-refractivity contribution in [1.82, 2.24) is 15.0 Å². The van der Waals surface area contributed by atoms with E-state index in [-0.39, 0.29) is 10.7 Å². The van der Waals surface area contributed by atoms with E-state index >= 15 is 0 Å². The maximum absolute atomic E-state index is 12.1. The summed E-state index contributed by atoms with van der Waals surface area (Å²) < 4.78 is 29.6. The van der Waals surface area contributed by atoms with Gasteiger partial charge >= 0.3 is 6.09 Å². The SMILES string of the molecule is CS(=O)(=O)c1cccc(-c2ccc3c(N4CCOCC4)nc(-c4ccc(NC(=O)O)nc4)nc3c2)c1. The van der Waals surface area contributed by atoms with Gasteiger partial charge in [-0.05, 0) is 47.5 Å². The summed E-state index contributed by atoms with van der Waals surface area (Å²) >= 11 is 0. The molecule has 1 saturated heterocycles. The van der Waals surface area contributed by atoms with Crippen LogP contribution in [0.1, 0.15) is 0 Å². The number of nitrogens with zero attached hydrogens (tertiary/aromatic N) is 4. The molecule has 0 aliphatic carbocycles. The Labute approximate surface area is 207 Å². The lowest BCUT2D eigenvalue weighted by molar-refractivity contribution is 0.122. The number of carboxylic acid groups (broad SMARTS) is 1. The van der Waals surface area contributed by atoms with Gasteiger partial charge in [-0.2, -0.15) is 0 Å². The lowest BCUT2D eigenvalue weighted by atomic mass is 10.0. The highest BCUT2D eigenvalue weighted by Crippen LogP contribution is 2.32. The van der Waals surface area contributed by atoms with Crippen molar-refractivity contribution in [3.63, 3.8) is 0 Å². The molecule has 1 aliphatic heterocycles. The number of benzene rings is 2. The van der Waals surface area contributed by atoms with Crippen molar-refractivity contribution >= 4 is 38.5 Å². The molecule has 10 nitrogen and oxygen atoms in total. The number of sulfone groups is 1. The molecule has 1 aliphatic rings. The molecule has 0 spiro atoms. The molecule has 2 aromatic carbocycles. The Morgan fingerprint density at radius 2 is 1.75 bits per heavy atom. The average molecular weight is 506 g/mol. The minimum atomic E-state index is -3.34. The van der Waals surface area contributed by atoms with E-state index in [0.717, 1.165) is 22.3 Å². The van der Waals surface area contributed by atoms with E-state index in [1.165, 1.54) is 12.5 Å². The number of ether oxygens (including phenoxy) is 1. The van der Waals surface area contributed by atoms with E-state index in [9.17, 15) is 13.2 Å². The summed E-state index contributed by atoms with van der Waals surface area (Å²) in [6, 6.07) is 15.9. The largest absolute Gasteiger partial charge is 0.465 e. The number of rotatable bonds is 5. The van der Waals surface area contributed by atoms with Crippen LogP contribution in [0.25, 0.3) is 33.4 Å². The number of anilines is 2. The Morgan fingerprint density at radius 3 is 2.44 bits per heavy atom. The molecular formula is C25H23N5O5S. The molecule has 36 heavy (non-hydrogen) atoms. The number of nitrogens with one attached hydrogen (secondary N) is 1. The summed E-state index contributed by atoms with van der Waals surface area (Å²) in [7, 11) is -3.34. The molecule has 0 saturated carbocycles. The summed E-state index contributed by atoms with van der Waals surface area (Å²) in [6.07, 6.45) is 1.51. The van der Waals surface area contributed by atoms with E-state index in [4.69, 9.17) is 19.8 Å². The molecule has 3 heterocycles. The first-order chi connectivity index (χ1) is 17.3. The zero-order chi connectivity index (χ0) is 25.3. The molecule has 1 fully saturated rings. The first-order valence-electron chi connectivity index (χ1n) is 11.2. The van der Waals surface area contributed by atoms with Crippen LogP contribution in [0.5, 0.6) is 0 Å². The zero-order valence-corrected chi connectivity index (χ0v) is 20.2. The van der Waals surface area contributed by atoms with E-state index in [1.807, 2.05) is 24.3 Å². The van der Waals surface area contributed by atoms with Crippen molar-refractivity contribution < 1.29 is 23.1 Å². The second-order valence-electron chi connectivity index (χ2n) is 8.36. The molecule has 0 unspecified atom stereocenters. The number of pyridine rings is 1. The van der Waals surface area contributed by atoms with Crippen molar-refractivity contribution in [3.8, 4) is 22.5 Å². The molecule has 0 bridgehead atoms. The Balaban J connectivity index is 1.63. The smallest absolute Gasteiger partial charge is 0.410 e. The van der Waals surface area contributed by atoms with Crippen molar-refractivity contribution in [2.45, 2.75) is 4.90 Å². The van der Waals surface area contributed by atoms with Gasteiger partial charge in [0.1, 0.15) is 11.6 Å². The predicted octanol–water partition coefficient (Wildman–Crippen LogP) is 3.69.